The Morgan fingerprint density at radius 2 is 1.88 bits per heavy atom. The van der Waals surface area contributed by atoms with Crippen molar-refractivity contribution in [3.05, 3.63) is 93.7 Å². The molecule has 0 saturated heterocycles. The van der Waals surface area contributed by atoms with E-state index in [-0.39, 0.29) is 11.5 Å². The summed E-state index contributed by atoms with van der Waals surface area (Å²) >= 11 is 6.36. The number of nitrogen functional groups attached to an aromatic ring is 1. The number of hydrogen-bond donors (Lipinski definition) is 2. The number of pyridine rings is 2. The molecule has 5 rings (SSSR count). The van der Waals surface area contributed by atoms with Gasteiger partial charge in [-0.2, -0.15) is 4.98 Å². The van der Waals surface area contributed by atoms with Gasteiger partial charge in [0.1, 0.15) is 11.3 Å². The SMILES string of the molecule is CC(Nc1nc(N)nc2cccnc12)c1cc2cccc(Cl)c2c(=O)n1-c1ccc(F)cc1. The summed E-state index contributed by atoms with van der Waals surface area (Å²) in [7, 11) is 0. The van der Waals surface area contributed by atoms with Crippen LogP contribution in [0.2, 0.25) is 5.02 Å². The smallest absolute Gasteiger partial charge is 0.264 e. The molecule has 0 aliphatic rings. The van der Waals surface area contributed by atoms with E-state index in [0.29, 0.717) is 44.0 Å². The number of halogens is 2. The van der Waals surface area contributed by atoms with Crippen LogP contribution in [0.15, 0.2) is 71.7 Å². The van der Waals surface area contributed by atoms with Crippen molar-refractivity contribution in [2.24, 2.45) is 0 Å². The number of hydrogen-bond acceptors (Lipinski definition) is 6. The molecule has 3 N–H and O–H groups in total. The van der Waals surface area contributed by atoms with Crippen molar-refractivity contribution in [1.82, 2.24) is 19.5 Å². The molecule has 3 heterocycles. The number of benzene rings is 2. The van der Waals surface area contributed by atoms with Crippen LogP contribution < -0.4 is 16.6 Å². The van der Waals surface area contributed by atoms with Crippen LogP contribution in [0.1, 0.15) is 18.7 Å². The maximum Gasteiger partial charge on any atom is 0.264 e. The first kappa shape index (κ1) is 20.8. The molecule has 1 atom stereocenters. The van der Waals surface area contributed by atoms with Crippen molar-refractivity contribution in [2.75, 3.05) is 11.1 Å². The van der Waals surface area contributed by atoms with Crippen LogP contribution in [0.5, 0.6) is 0 Å². The molecule has 0 spiro atoms. The predicted octanol–water partition coefficient (Wildman–Crippen LogP) is 4.88. The number of anilines is 2. The van der Waals surface area contributed by atoms with E-state index in [9.17, 15) is 9.18 Å². The second-order valence-corrected chi connectivity index (χ2v) is 7.97. The highest BCUT2D eigenvalue weighted by Gasteiger charge is 2.19. The standard InChI is InChI=1S/C24H18ClFN6O/c1-13(29-22-21-18(6-3-11-28-21)30-24(27)31-22)19-12-14-4-2-5-17(25)20(14)23(33)32(19)16-9-7-15(26)8-10-16/h2-13H,1H3,(H3,27,29,30,31). The first-order valence-electron chi connectivity index (χ1n) is 10.2. The fourth-order valence-electron chi connectivity index (χ4n) is 3.88. The van der Waals surface area contributed by atoms with Crippen molar-refractivity contribution in [3.63, 3.8) is 0 Å². The molecule has 33 heavy (non-hydrogen) atoms. The van der Waals surface area contributed by atoms with Gasteiger partial charge >= 0.3 is 0 Å². The van der Waals surface area contributed by atoms with E-state index in [1.165, 1.54) is 16.7 Å². The molecule has 1 unspecified atom stereocenters. The fourth-order valence-corrected chi connectivity index (χ4v) is 4.14. The van der Waals surface area contributed by atoms with Gasteiger partial charge in [0.25, 0.3) is 5.56 Å². The van der Waals surface area contributed by atoms with Crippen LogP contribution >= 0.6 is 11.6 Å². The van der Waals surface area contributed by atoms with Gasteiger partial charge in [-0.3, -0.25) is 14.3 Å². The highest BCUT2D eigenvalue weighted by molar-refractivity contribution is 6.35. The Kier molecular flexibility index (Phi) is 5.14. The molecule has 0 fully saturated rings. The monoisotopic (exact) mass is 460 g/mol. The van der Waals surface area contributed by atoms with E-state index < -0.39 is 11.9 Å². The maximum absolute atomic E-state index is 13.6. The predicted molar refractivity (Wildman–Crippen MR) is 128 cm³/mol. The van der Waals surface area contributed by atoms with Crippen LogP contribution in [-0.2, 0) is 0 Å². The maximum atomic E-state index is 13.6. The van der Waals surface area contributed by atoms with Gasteiger partial charge in [-0.05, 0) is 60.8 Å². The van der Waals surface area contributed by atoms with E-state index in [1.54, 1.807) is 42.6 Å². The lowest BCUT2D eigenvalue weighted by molar-refractivity contribution is 0.627. The van der Waals surface area contributed by atoms with Crippen molar-refractivity contribution >= 4 is 45.2 Å². The largest absolute Gasteiger partial charge is 0.368 e. The second-order valence-electron chi connectivity index (χ2n) is 7.56. The van der Waals surface area contributed by atoms with Gasteiger partial charge < -0.3 is 11.1 Å². The molecule has 0 amide bonds. The Hall–Kier alpha value is -4.04. The minimum absolute atomic E-state index is 0.103. The van der Waals surface area contributed by atoms with Crippen molar-refractivity contribution in [2.45, 2.75) is 13.0 Å². The van der Waals surface area contributed by atoms with Gasteiger partial charge in [-0.15, -0.1) is 0 Å². The second kappa shape index (κ2) is 8.14. The van der Waals surface area contributed by atoms with Crippen molar-refractivity contribution in [1.29, 1.82) is 0 Å². The zero-order chi connectivity index (χ0) is 23.1. The van der Waals surface area contributed by atoms with E-state index in [4.69, 9.17) is 17.3 Å². The number of nitrogens with zero attached hydrogens (tertiary/aromatic N) is 4. The fraction of sp³-hybridized carbons (Fsp3) is 0.0833. The number of nitrogens with one attached hydrogen (secondary N) is 1. The number of fused-ring (bicyclic) bond motifs is 2. The van der Waals surface area contributed by atoms with Gasteiger partial charge in [-0.25, -0.2) is 9.37 Å². The van der Waals surface area contributed by atoms with Gasteiger partial charge in [0.05, 0.1) is 22.0 Å². The van der Waals surface area contributed by atoms with E-state index in [0.717, 1.165) is 0 Å². The first-order valence-corrected chi connectivity index (χ1v) is 10.5. The molecule has 9 heteroatoms. The molecule has 0 bridgehead atoms. The van der Waals surface area contributed by atoms with E-state index >= 15 is 0 Å². The quantitative estimate of drug-likeness (QED) is 0.396. The van der Waals surface area contributed by atoms with E-state index in [2.05, 4.69) is 20.3 Å². The molecule has 0 aliphatic heterocycles. The molecular weight excluding hydrogens is 443 g/mol. The lowest BCUT2D eigenvalue weighted by Gasteiger charge is -2.22. The summed E-state index contributed by atoms with van der Waals surface area (Å²) in [6.45, 7) is 1.89. The summed E-state index contributed by atoms with van der Waals surface area (Å²) in [5.74, 6) is 0.147. The third kappa shape index (κ3) is 3.74. The van der Waals surface area contributed by atoms with Gasteiger partial charge in [0.15, 0.2) is 5.82 Å². The van der Waals surface area contributed by atoms with Crippen LogP contribution in [0.25, 0.3) is 27.5 Å². The van der Waals surface area contributed by atoms with Crippen LogP contribution in [0, 0.1) is 5.82 Å². The molecule has 2 aromatic carbocycles. The van der Waals surface area contributed by atoms with Gasteiger partial charge in [0, 0.05) is 17.6 Å². The van der Waals surface area contributed by atoms with Crippen molar-refractivity contribution < 1.29 is 4.39 Å². The summed E-state index contributed by atoms with van der Waals surface area (Å²) in [4.78, 5) is 26.5. The third-order valence-corrected chi connectivity index (χ3v) is 5.69. The highest BCUT2D eigenvalue weighted by atomic mass is 35.5. The molecule has 164 valence electrons. The average Bonchev–Trinajstić information content (AvgIpc) is 2.79. The van der Waals surface area contributed by atoms with Crippen LogP contribution in [-0.4, -0.2) is 19.5 Å². The molecule has 7 nitrogen and oxygen atoms in total. The third-order valence-electron chi connectivity index (χ3n) is 5.38. The van der Waals surface area contributed by atoms with Crippen LogP contribution in [0.4, 0.5) is 16.2 Å². The number of aromatic nitrogens is 4. The normalized spacial score (nSPS) is 12.2. The molecule has 5 aromatic rings. The topological polar surface area (TPSA) is 98.7 Å². The lowest BCUT2D eigenvalue weighted by Crippen LogP contribution is -2.26. The summed E-state index contributed by atoms with van der Waals surface area (Å²) < 4.78 is 15.1. The molecular formula is C24H18ClFN6O. The van der Waals surface area contributed by atoms with E-state index in [1.807, 2.05) is 19.1 Å². The van der Waals surface area contributed by atoms with Crippen molar-refractivity contribution in [3.8, 4) is 5.69 Å². The Balaban J connectivity index is 1.71. The Morgan fingerprint density at radius 1 is 1.09 bits per heavy atom. The summed E-state index contributed by atoms with van der Waals surface area (Å²) in [5.41, 5.74) is 7.88. The Bertz CT molecular complexity index is 1570. The summed E-state index contributed by atoms with van der Waals surface area (Å²) in [6.07, 6.45) is 1.64. The molecule has 0 radical (unpaired) electrons. The Morgan fingerprint density at radius 3 is 2.67 bits per heavy atom. The van der Waals surface area contributed by atoms with Gasteiger partial charge in [0.2, 0.25) is 5.95 Å². The minimum Gasteiger partial charge on any atom is -0.368 e. The first-order chi connectivity index (χ1) is 15.9. The number of nitrogens with two attached hydrogens (primary N) is 1. The molecule has 0 saturated carbocycles. The van der Waals surface area contributed by atoms with Gasteiger partial charge in [-0.1, -0.05) is 23.7 Å². The lowest BCUT2D eigenvalue weighted by atomic mass is 10.1. The minimum atomic E-state index is -0.411. The number of rotatable bonds is 4. The average molecular weight is 461 g/mol. The molecule has 0 aliphatic carbocycles. The summed E-state index contributed by atoms with van der Waals surface area (Å²) in [6, 6.07) is 16.0. The Labute approximate surface area is 192 Å². The molecule has 3 aromatic heterocycles. The summed E-state index contributed by atoms with van der Waals surface area (Å²) in [5, 5.41) is 4.74. The zero-order valence-electron chi connectivity index (χ0n) is 17.5. The zero-order valence-corrected chi connectivity index (χ0v) is 18.2. The highest BCUT2D eigenvalue weighted by Crippen LogP contribution is 2.28. The van der Waals surface area contributed by atoms with Crippen LogP contribution in [0.3, 0.4) is 0 Å².